The van der Waals surface area contributed by atoms with Crippen molar-refractivity contribution in [1.29, 1.82) is 0 Å². The summed E-state index contributed by atoms with van der Waals surface area (Å²) >= 11 is 1.53. The Balaban J connectivity index is 1.80. The van der Waals surface area contributed by atoms with E-state index in [0.29, 0.717) is 12.4 Å². The van der Waals surface area contributed by atoms with Gasteiger partial charge in [0.2, 0.25) is 0 Å². The number of rotatable bonds is 6. The van der Waals surface area contributed by atoms with Gasteiger partial charge in [0.1, 0.15) is 12.4 Å². The van der Waals surface area contributed by atoms with Gasteiger partial charge in [-0.05, 0) is 43.2 Å². The molecule has 0 fully saturated rings. The molecule has 1 N–H and O–H groups in total. The predicted molar refractivity (Wildman–Crippen MR) is 82.4 cm³/mol. The summed E-state index contributed by atoms with van der Waals surface area (Å²) in [6, 6.07) is 11.7. The molecule has 0 spiro atoms. The van der Waals surface area contributed by atoms with Gasteiger partial charge < -0.3 is 9.84 Å². The number of ether oxygens (including phenoxy) is 1. The van der Waals surface area contributed by atoms with Crippen molar-refractivity contribution in [2.24, 2.45) is 0 Å². The standard InChI is InChI=1S/C16H19NO2S/c1-12-6-5-7-15(13(12)2)19-10-14(18)11-20-16-8-3-4-9-17-16/h3-9,14,18H,10-11H2,1-2H3/t14-/m0/s1. The molecule has 2 rings (SSSR count). The lowest BCUT2D eigenvalue weighted by Crippen LogP contribution is -2.20. The third kappa shape index (κ3) is 4.25. The van der Waals surface area contributed by atoms with E-state index in [1.54, 1.807) is 6.20 Å². The molecule has 0 radical (unpaired) electrons. The molecular formula is C16H19NO2S. The molecule has 0 aliphatic heterocycles. The van der Waals surface area contributed by atoms with Crippen LogP contribution in [0, 0.1) is 13.8 Å². The fourth-order valence-electron chi connectivity index (χ4n) is 1.73. The first-order chi connectivity index (χ1) is 9.66. The van der Waals surface area contributed by atoms with Gasteiger partial charge in [0.15, 0.2) is 0 Å². The minimum atomic E-state index is -0.512. The summed E-state index contributed by atoms with van der Waals surface area (Å²) in [7, 11) is 0. The third-order valence-corrected chi connectivity index (χ3v) is 4.14. The number of aryl methyl sites for hydroxylation is 1. The summed E-state index contributed by atoms with van der Waals surface area (Å²) in [5.74, 6) is 1.41. The Kier molecular flexibility index (Phi) is 5.44. The van der Waals surface area contributed by atoms with Crippen molar-refractivity contribution in [3.8, 4) is 5.75 Å². The highest BCUT2D eigenvalue weighted by atomic mass is 32.2. The zero-order valence-corrected chi connectivity index (χ0v) is 12.6. The Morgan fingerprint density at radius 3 is 2.80 bits per heavy atom. The minimum absolute atomic E-state index is 0.296. The number of hydrogen-bond donors (Lipinski definition) is 1. The topological polar surface area (TPSA) is 42.4 Å². The van der Waals surface area contributed by atoms with Crippen LogP contribution in [0.1, 0.15) is 11.1 Å². The van der Waals surface area contributed by atoms with Gasteiger partial charge in [-0.1, -0.05) is 18.2 Å². The van der Waals surface area contributed by atoms with Gasteiger partial charge >= 0.3 is 0 Å². The van der Waals surface area contributed by atoms with Crippen LogP contribution in [0.5, 0.6) is 5.75 Å². The minimum Gasteiger partial charge on any atom is -0.491 e. The molecule has 1 aromatic carbocycles. The number of pyridine rings is 1. The molecule has 1 aromatic heterocycles. The molecule has 0 aliphatic rings. The lowest BCUT2D eigenvalue weighted by atomic mass is 10.1. The molecule has 0 bridgehead atoms. The first-order valence-electron chi connectivity index (χ1n) is 6.57. The van der Waals surface area contributed by atoms with Crippen molar-refractivity contribution in [2.75, 3.05) is 12.4 Å². The van der Waals surface area contributed by atoms with Crippen molar-refractivity contribution < 1.29 is 9.84 Å². The third-order valence-electron chi connectivity index (χ3n) is 3.05. The van der Waals surface area contributed by atoms with Gasteiger partial charge in [-0.2, -0.15) is 0 Å². The van der Waals surface area contributed by atoms with Crippen LogP contribution >= 0.6 is 11.8 Å². The van der Waals surface area contributed by atoms with Gasteiger partial charge in [-0.15, -0.1) is 11.8 Å². The molecule has 1 heterocycles. The molecule has 1 atom stereocenters. The molecule has 4 heteroatoms. The fraction of sp³-hybridized carbons (Fsp3) is 0.312. The molecule has 3 nitrogen and oxygen atoms in total. The van der Waals surface area contributed by atoms with Crippen LogP contribution in [0.2, 0.25) is 0 Å². The number of aromatic nitrogens is 1. The smallest absolute Gasteiger partial charge is 0.122 e. The number of benzene rings is 1. The highest BCUT2D eigenvalue weighted by Gasteiger charge is 2.08. The largest absolute Gasteiger partial charge is 0.491 e. The van der Waals surface area contributed by atoms with Gasteiger partial charge in [-0.3, -0.25) is 0 Å². The first kappa shape index (κ1) is 14.9. The number of aliphatic hydroxyl groups excluding tert-OH is 1. The van der Waals surface area contributed by atoms with E-state index in [9.17, 15) is 5.11 Å². The summed E-state index contributed by atoms with van der Waals surface area (Å²) in [6.45, 7) is 4.37. The second-order valence-electron chi connectivity index (χ2n) is 4.64. The summed E-state index contributed by atoms with van der Waals surface area (Å²) in [5, 5.41) is 10.9. The summed E-state index contributed by atoms with van der Waals surface area (Å²) < 4.78 is 5.68. The maximum Gasteiger partial charge on any atom is 0.122 e. The van der Waals surface area contributed by atoms with E-state index in [1.165, 1.54) is 17.3 Å². The van der Waals surface area contributed by atoms with Crippen molar-refractivity contribution in [2.45, 2.75) is 25.0 Å². The Morgan fingerprint density at radius 2 is 2.05 bits per heavy atom. The summed E-state index contributed by atoms with van der Waals surface area (Å²) in [5.41, 5.74) is 2.32. The van der Waals surface area contributed by atoms with E-state index in [4.69, 9.17) is 4.74 Å². The van der Waals surface area contributed by atoms with E-state index >= 15 is 0 Å². The molecule has 0 aliphatic carbocycles. The number of aliphatic hydroxyl groups is 1. The van der Waals surface area contributed by atoms with Crippen molar-refractivity contribution in [3.05, 3.63) is 53.7 Å². The average molecular weight is 289 g/mol. The second-order valence-corrected chi connectivity index (χ2v) is 5.68. The van der Waals surface area contributed by atoms with Crippen LogP contribution in [0.3, 0.4) is 0 Å². The molecule has 0 saturated heterocycles. The van der Waals surface area contributed by atoms with E-state index in [-0.39, 0.29) is 0 Å². The zero-order chi connectivity index (χ0) is 14.4. The highest BCUT2D eigenvalue weighted by molar-refractivity contribution is 7.99. The van der Waals surface area contributed by atoms with E-state index in [1.807, 2.05) is 37.3 Å². The van der Waals surface area contributed by atoms with E-state index in [2.05, 4.69) is 18.0 Å². The van der Waals surface area contributed by atoms with Gasteiger partial charge in [0.05, 0.1) is 11.1 Å². The van der Waals surface area contributed by atoms with Gasteiger partial charge in [0.25, 0.3) is 0 Å². The second kappa shape index (κ2) is 7.31. The number of thioether (sulfide) groups is 1. The Labute approximate surface area is 124 Å². The average Bonchev–Trinajstić information content (AvgIpc) is 2.48. The van der Waals surface area contributed by atoms with Crippen molar-refractivity contribution >= 4 is 11.8 Å². The van der Waals surface area contributed by atoms with Crippen LogP contribution in [0.15, 0.2) is 47.6 Å². The van der Waals surface area contributed by atoms with Gasteiger partial charge in [-0.25, -0.2) is 4.98 Å². The molecule has 0 unspecified atom stereocenters. The maximum atomic E-state index is 9.96. The molecular weight excluding hydrogens is 270 g/mol. The van der Waals surface area contributed by atoms with Crippen molar-refractivity contribution in [3.63, 3.8) is 0 Å². The Hall–Kier alpha value is -1.52. The maximum absolute atomic E-state index is 9.96. The normalized spacial score (nSPS) is 12.2. The fourth-order valence-corrected chi connectivity index (χ4v) is 2.50. The van der Waals surface area contributed by atoms with E-state index in [0.717, 1.165) is 16.3 Å². The first-order valence-corrected chi connectivity index (χ1v) is 7.56. The molecule has 106 valence electrons. The molecule has 2 aromatic rings. The van der Waals surface area contributed by atoms with Gasteiger partial charge in [0, 0.05) is 11.9 Å². The van der Waals surface area contributed by atoms with Crippen LogP contribution in [0.4, 0.5) is 0 Å². The van der Waals surface area contributed by atoms with Crippen LogP contribution in [-0.4, -0.2) is 28.6 Å². The summed E-state index contributed by atoms with van der Waals surface area (Å²) in [6.07, 6.45) is 1.24. The SMILES string of the molecule is Cc1cccc(OC[C@H](O)CSc2ccccn2)c1C. The van der Waals surface area contributed by atoms with Crippen LogP contribution in [0.25, 0.3) is 0 Å². The monoisotopic (exact) mass is 289 g/mol. The summed E-state index contributed by atoms with van der Waals surface area (Å²) in [4.78, 5) is 4.21. The Bertz CT molecular complexity index is 545. The molecule has 0 saturated carbocycles. The lowest BCUT2D eigenvalue weighted by Gasteiger charge is -2.14. The van der Waals surface area contributed by atoms with Crippen LogP contribution < -0.4 is 4.74 Å². The zero-order valence-electron chi connectivity index (χ0n) is 11.7. The quantitative estimate of drug-likeness (QED) is 0.829. The van der Waals surface area contributed by atoms with E-state index < -0.39 is 6.10 Å². The molecule has 20 heavy (non-hydrogen) atoms. The Morgan fingerprint density at radius 1 is 1.20 bits per heavy atom. The van der Waals surface area contributed by atoms with Crippen LogP contribution in [-0.2, 0) is 0 Å². The number of hydrogen-bond acceptors (Lipinski definition) is 4. The number of nitrogens with zero attached hydrogens (tertiary/aromatic N) is 1. The lowest BCUT2D eigenvalue weighted by molar-refractivity contribution is 0.126. The highest BCUT2D eigenvalue weighted by Crippen LogP contribution is 2.21. The molecule has 0 amide bonds. The predicted octanol–water partition coefficient (Wildman–Crippen LogP) is 3.23. The van der Waals surface area contributed by atoms with Crippen molar-refractivity contribution in [1.82, 2.24) is 4.98 Å².